The minimum Gasteiger partial charge on any atom is -0.487 e. The van der Waals surface area contributed by atoms with Gasteiger partial charge < -0.3 is 14.4 Å². The second-order valence-electron chi connectivity index (χ2n) is 13.5. The summed E-state index contributed by atoms with van der Waals surface area (Å²) in [4.78, 5) is 15.7. The molecule has 1 fully saturated rings. The lowest BCUT2D eigenvalue weighted by Gasteiger charge is -2.50. The van der Waals surface area contributed by atoms with E-state index in [1.54, 1.807) is 32.2 Å². The highest BCUT2D eigenvalue weighted by molar-refractivity contribution is 7.90. The molecule has 0 radical (unpaired) electrons. The lowest BCUT2D eigenvalue weighted by atomic mass is 9.63. The van der Waals surface area contributed by atoms with Crippen molar-refractivity contribution in [2.45, 2.75) is 76.3 Å². The molecule has 0 spiro atoms. The van der Waals surface area contributed by atoms with Crippen molar-refractivity contribution in [3.05, 3.63) is 70.3 Å². The molecule has 2 aromatic carbocycles. The first-order valence-electron chi connectivity index (χ1n) is 16.6. The van der Waals surface area contributed by atoms with E-state index in [0.717, 1.165) is 55.2 Å². The molecular weight excluding hydrogens is 676 g/mol. The van der Waals surface area contributed by atoms with Crippen LogP contribution in [0.1, 0.15) is 73.9 Å². The molecular formula is C35H47ClN2O8S2. The molecule has 10 nitrogen and oxygen atoms in total. The number of carbonyl (C=O) groups is 1. The van der Waals surface area contributed by atoms with Crippen LogP contribution in [0.25, 0.3) is 0 Å². The van der Waals surface area contributed by atoms with E-state index in [1.807, 2.05) is 37.3 Å². The van der Waals surface area contributed by atoms with Crippen molar-refractivity contribution in [2.24, 2.45) is 17.8 Å². The van der Waals surface area contributed by atoms with Gasteiger partial charge in [-0.3, -0.25) is 8.98 Å². The van der Waals surface area contributed by atoms with Gasteiger partial charge >= 0.3 is 0 Å². The molecule has 3 aliphatic rings. The maximum absolute atomic E-state index is 13.5. The van der Waals surface area contributed by atoms with Crippen molar-refractivity contribution >= 4 is 43.3 Å². The number of anilines is 1. The monoisotopic (exact) mass is 722 g/mol. The third-order valence-corrected chi connectivity index (χ3v) is 13.1. The quantitative estimate of drug-likeness (QED) is 0.297. The molecule has 2 aromatic rings. The topological polar surface area (TPSA) is 128 Å². The standard InChI is InChI=1S/C35H47ClN2O8S2/c1-24-8-7-16-35(44-3,17-19-46-47(4,40)41)31-14-11-28(31)22-38-18-6-5-9-26-20-30(36)13-10-29(26)23-45-33-15-12-27(21-32(33)38)34(39)37-48(42,43)25(24)2/h7,10,12-13,15-16,20-21,24-25,28,31H,5-6,8-9,11,14,17-19,22-23H2,1-4H3,(H,37,39)/b16-7+/t24-,25+,28-,31+,35+/m0/s1. The van der Waals surface area contributed by atoms with Gasteiger partial charge in [-0.2, -0.15) is 8.42 Å². The van der Waals surface area contributed by atoms with Gasteiger partial charge in [0.2, 0.25) is 10.0 Å². The molecule has 2 bridgehead atoms. The number of allylic oxidation sites excluding steroid dienone is 1. The first kappa shape index (κ1) is 36.6. The number of halogens is 1. The van der Waals surface area contributed by atoms with Crippen LogP contribution in [0.15, 0.2) is 48.6 Å². The Morgan fingerprint density at radius 3 is 2.60 bits per heavy atom. The summed E-state index contributed by atoms with van der Waals surface area (Å²) in [5.74, 6) is -0.182. The van der Waals surface area contributed by atoms with Crippen LogP contribution in [0, 0.1) is 17.8 Å². The van der Waals surface area contributed by atoms with Crippen LogP contribution in [0.2, 0.25) is 5.02 Å². The second kappa shape index (κ2) is 15.1. The van der Waals surface area contributed by atoms with E-state index in [0.29, 0.717) is 43.3 Å². The first-order chi connectivity index (χ1) is 22.7. The van der Waals surface area contributed by atoms with Crippen LogP contribution in [0.5, 0.6) is 5.75 Å². The van der Waals surface area contributed by atoms with Crippen molar-refractivity contribution in [1.82, 2.24) is 4.72 Å². The van der Waals surface area contributed by atoms with Gasteiger partial charge in [0.15, 0.2) is 0 Å². The van der Waals surface area contributed by atoms with Gasteiger partial charge in [0.1, 0.15) is 12.4 Å². The van der Waals surface area contributed by atoms with Gasteiger partial charge in [0, 0.05) is 37.2 Å². The minimum absolute atomic E-state index is 0.0407. The number of sulfonamides is 1. The number of aryl methyl sites for hydroxylation is 1. The van der Waals surface area contributed by atoms with E-state index >= 15 is 0 Å². The second-order valence-corrected chi connectivity index (χ2v) is 17.6. The van der Waals surface area contributed by atoms with E-state index in [1.165, 1.54) is 0 Å². The van der Waals surface area contributed by atoms with Gasteiger partial charge in [-0.05, 0) is 105 Å². The summed E-state index contributed by atoms with van der Waals surface area (Å²) >= 11 is 6.34. The van der Waals surface area contributed by atoms with E-state index < -0.39 is 36.9 Å². The third kappa shape index (κ3) is 8.56. The fourth-order valence-electron chi connectivity index (χ4n) is 7.12. The van der Waals surface area contributed by atoms with Crippen molar-refractivity contribution < 1.29 is 35.3 Å². The highest BCUT2D eigenvalue weighted by Gasteiger charge is 2.47. The van der Waals surface area contributed by atoms with Crippen molar-refractivity contribution in [3.63, 3.8) is 0 Å². The molecule has 1 N–H and O–H groups in total. The summed E-state index contributed by atoms with van der Waals surface area (Å²) in [5.41, 5.74) is 2.30. The number of hydrogen-bond donors (Lipinski definition) is 1. The lowest BCUT2D eigenvalue weighted by molar-refractivity contribution is -0.0846. The molecule has 2 heterocycles. The summed E-state index contributed by atoms with van der Waals surface area (Å²) in [6.07, 6.45) is 10.1. The number of methoxy groups -OCH3 is 1. The SMILES string of the molecule is CO[C@@]1(CCOS(C)(=O)=O)/C=C/C[C@H](C)[C@@H](C)S(=O)(=O)NC(=O)c2ccc3c(c2)N(CCCCc2cc(Cl)ccc2CO3)C[C@@H]2CC[C@H]21. The Labute approximate surface area is 290 Å². The summed E-state index contributed by atoms with van der Waals surface area (Å²) in [6.45, 7) is 5.02. The highest BCUT2D eigenvalue weighted by Crippen LogP contribution is 2.47. The van der Waals surface area contributed by atoms with Gasteiger partial charge in [-0.15, -0.1) is 0 Å². The number of benzene rings is 2. The molecule has 1 aliphatic carbocycles. The third-order valence-electron chi connectivity index (χ3n) is 10.3. The summed E-state index contributed by atoms with van der Waals surface area (Å²) in [7, 11) is -6.03. The van der Waals surface area contributed by atoms with Gasteiger partial charge in [0.25, 0.3) is 16.0 Å². The summed E-state index contributed by atoms with van der Waals surface area (Å²) < 4.78 is 70.7. The molecule has 1 amide bonds. The van der Waals surface area contributed by atoms with Crippen LogP contribution in [0.4, 0.5) is 5.69 Å². The Balaban J connectivity index is 1.57. The number of nitrogens with one attached hydrogen (secondary N) is 1. The number of carbonyl (C=O) groups excluding carboxylic acids is 1. The van der Waals surface area contributed by atoms with Crippen LogP contribution < -0.4 is 14.4 Å². The maximum atomic E-state index is 13.5. The van der Waals surface area contributed by atoms with Crippen molar-refractivity contribution in [2.75, 3.05) is 38.0 Å². The van der Waals surface area contributed by atoms with Crippen LogP contribution in [-0.2, 0) is 42.1 Å². The average Bonchev–Trinajstić information content (AvgIpc) is 3.04. The Kier molecular flexibility index (Phi) is 11.5. The zero-order valence-corrected chi connectivity index (χ0v) is 30.5. The predicted octanol–water partition coefficient (Wildman–Crippen LogP) is 5.88. The lowest BCUT2D eigenvalue weighted by Crippen LogP contribution is -2.51. The van der Waals surface area contributed by atoms with E-state index in [9.17, 15) is 21.6 Å². The fourth-order valence-corrected chi connectivity index (χ4v) is 8.99. The average molecular weight is 723 g/mol. The fraction of sp³-hybridized carbons (Fsp3) is 0.571. The van der Waals surface area contributed by atoms with Gasteiger partial charge in [-0.25, -0.2) is 13.1 Å². The molecule has 0 saturated heterocycles. The number of fused-ring (bicyclic) bond motifs is 3. The molecule has 1 saturated carbocycles. The molecule has 5 atom stereocenters. The predicted molar refractivity (Wildman–Crippen MR) is 188 cm³/mol. The van der Waals surface area contributed by atoms with Gasteiger partial charge in [0.05, 0.1) is 29.4 Å². The molecule has 264 valence electrons. The minimum atomic E-state index is -4.02. The molecule has 0 aromatic heterocycles. The molecule has 48 heavy (non-hydrogen) atoms. The van der Waals surface area contributed by atoms with E-state index in [4.69, 9.17) is 25.3 Å². The first-order valence-corrected chi connectivity index (χ1v) is 20.4. The van der Waals surface area contributed by atoms with Crippen molar-refractivity contribution in [1.29, 1.82) is 0 Å². The largest absolute Gasteiger partial charge is 0.487 e. The number of hydrogen-bond acceptors (Lipinski definition) is 9. The highest BCUT2D eigenvalue weighted by atomic mass is 35.5. The van der Waals surface area contributed by atoms with Crippen LogP contribution >= 0.6 is 11.6 Å². The smallest absolute Gasteiger partial charge is 0.264 e. The van der Waals surface area contributed by atoms with E-state index in [2.05, 4.69) is 9.62 Å². The van der Waals surface area contributed by atoms with Gasteiger partial charge in [-0.1, -0.05) is 36.7 Å². The van der Waals surface area contributed by atoms with Crippen molar-refractivity contribution in [3.8, 4) is 5.75 Å². The maximum Gasteiger partial charge on any atom is 0.264 e. The molecule has 5 rings (SSSR count). The Hall–Kier alpha value is -2.64. The number of ether oxygens (including phenoxy) is 2. The Morgan fingerprint density at radius 2 is 1.90 bits per heavy atom. The summed E-state index contributed by atoms with van der Waals surface area (Å²) in [5, 5.41) is -0.188. The molecule has 2 aliphatic heterocycles. The number of nitrogens with zero attached hydrogens (tertiary/aromatic N) is 1. The Morgan fingerprint density at radius 1 is 1.10 bits per heavy atom. The normalized spacial score (nSPS) is 28.8. The molecule has 13 heteroatoms. The number of amides is 1. The zero-order valence-electron chi connectivity index (χ0n) is 28.1. The Bertz CT molecular complexity index is 1730. The molecule has 0 unspecified atom stereocenters. The zero-order chi connectivity index (χ0) is 34.7. The van der Waals surface area contributed by atoms with Crippen LogP contribution in [0.3, 0.4) is 0 Å². The number of rotatable bonds is 5. The van der Waals surface area contributed by atoms with E-state index in [-0.39, 0.29) is 29.9 Å². The summed E-state index contributed by atoms with van der Waals surface area (Å²) in [6, 6.07) is 10.9. The van der Waals surface area contributed by atoms with Crippen LogP contribution in [-0.4, -0.2) is 66.7 Å².